The van der Waals surface area contributed by atoms with E-state index in [1.807, 2.05) is 6.92 Å². The highest BCUT2D eigenvalue weighted by Crippen LogP contribution is 2.32. The maximum atomic E-state index is 11.1. The number of rotatable bonds is 3. The predicted molar refractivity (Wildman–Crippen MR) is 37.1 cm³/mol. The number of Topliss-reactive ketones (excluding diaryl/α,β-unsaturated/α-hetero) is 1. The third kappa shape index (κ3) is 1.41. The highest BCUT2D eigenvalue weighted by atomic mass is 16.1. The van der Waals surface area contributed by atoms with Crippen LogP contribution in [0.3, 0.4) is 0 Å². The Hall–Kier alpha value is -0.590. The van der Waals surface area contributed by atoms with Crippen LogP contribution in [0.25, 0.3) is 0 Å². The molecule has 0 amide bonds. The molecule has 0 aliphatic heterocycles. The van der Waals surface area contributed by atoms with Crippen LogP contribution in [0.1, 0.15) is 19.8 Å². The summed E-state index contributed by atoms with van der Waals surface area (Å²) in [7, 11) is 0. The third-order valence-electron chi connectivity index (χ3n) is 1.78. The largest absolute Gasteiger partial charge is 0.299 e. The summed E-state index contributed by atoms with van der Waals surface area (Å²) in [5.74, 6) is 0.848. The van der Waals surface area contributed by atoms with Gasteiger partial charge in [0.15, 0.2) is 0 Å². The molecule has 1 saturated carbocycles. The van der Waals surface area contributed by atoms with E-state index in [1.54, 1.807) is 6.08 Å². The molecule has 9 heavy (non-hydrogen) atoms. The van der Waals surface area contributed by atoms with E-state index < -0.39 is 0 Å². The smallest absolute Gasteiger partial charge is 0.142 e. The van der Waals surface area contributed by atoms with Crippen molar-refractivity contribution in [3.63, 3.8) is 0 Å². The van der Waals surface area contributed by atoms with Crippen LogP contribution < -0.4 is 0 Å². The van der Waals surface area contributed by atoms with E-state index in [1.165, 1.54) is 0 Å². The molecular weight excluding hydrogens is 112 g/mol. The Kier molecular flexibility index (Phi) is 1.70. The first-order valence-corrected chi connectivity index (χ1v) is 3.42. The molecule has 1 unspecified atom stereocenters. The van der Waals surface area contributed by atoms with Crippen LogP contribution in [-0.4, -0.2) is 5.78 Å². The molecule has 0 aromatic carbocycles. The van der Waals surface area contributed by atoms with Gasteiger partial charge in [-0.15, -0.1) is 6.58 Å². The second kappa shape index (κ2) is 2.34. The minimum absolute atomic E-state index is 0.0810. The predicted octanol–water partition coefficient (Wildman–Crippen LogP) is 1.79. The number of hydrogen-bond donors (Lipinski definition) is 0. The Balaban J connectivity index is 2.39. The molecule has 0 aromatic heterocycles. The normalized spacial score (nSPS) is 21.0. The van der Waals surface area contributed by atoms with Gasteiger partial charge in [0.05, 0.1) is 0 Å². The molecule has 1 atom stereocenters. The van der Waals surface area contributed by atoms with Crippen LogP contribution in [0.4, 0.5) is 0 Å². The first-order valence-electron chi connectivity index (χ1n) is 3.42. The lowest BCUT2D eigenvalue weighted by Crippen LogP contribution is -2.09. The monoisotopic (exact) mass is 124 g/mol. The zero-order valence-electron chi connectivity index (χ0n) is 5.76. The Morgan fingerprint density at radius 2 is 2.33 bits per heavy atom. The quantitative estimate of drug-likeness (QED) is 0.524. The van der Waals surface area contributed by atoms with Gasteiger partial charge in [0, 0.05) is 11.8 Å². The average Bonchev–Trinajstić information content (AvgIpc) is 2.66. The molecule has 50 valence electrons. The molecule has 0 bridgehead atoms. The molecule has 0 radical (unpaired) electrons. The summed E-state index contributed by atoms with van der Waals surface area (Å²) in [4.78, 5) is 11.1. The number of ketones is 1. The zero-order valence-corrected chi connectivity index (χ0v) is 5.76. The fourth-order valence-electron chi connectivity index (χ4n) is 0.856. The van der Waals surface area contributed by atoms with E-state index in [0.29, 0.717) is 11.7 Å². The first kappa shape index (κ1) is 6.53. The number of hydrogen-bond acceptors (Lipinski definition) is 1. The second-order valence-corrected chi connectivity index (χ2v) is 2.70. The minimum Gasteiger partial charge on any atom is -0.299 e. The van der Waals surface area contributed by atoms with Gasteiger partial charge in [-0.25, -0.2) is 0 Å². The van der Waals surface area contributed by atoms with Gasteiger partial charge in [0.2, 0.25) is 0 Å². The van der Waals surface area contributed by atoms with Crippen molar-refractivity contribution in [1.29, 1.82) is 0 Å². The highest BCUT2D eigenvalue weighted by molar-refractivity contribution is 5.86. The van der Waals surface area contributed by atoms with Gasteiger partial charge < -0.3 is 0 Å². The first-order chi connectivity index (χ1) is 4.25. The van der Waals surface area contributed by atoms with Crippen molar-refractivity contribution in [2.24, 2.45) is 11.8 Å². The molecule has 1 aliphatic carbocycles. The molecule has 1 nitrogen and oxygen atoms in total. The summed E-state index contributed by atoms with van der Waals surface area (Å²) >= 11 is 0. The Bertz CT molecular complexity index is 134. The topological polar surface area (TPSA) is 17.1 Å². The van der Waals surface area contributed by atoms with Gasteiger partial charge in [-0.3, -0.25) is 4.79 Å². The molecule has 1 rings (SSSR count). The molecule has 0 N–H and O–H groups in total. The standard InChI is InChI=1S/C8H12O/c1-3-6(2)8(9)7-4-5-7/h3,6-7H,1,4-5H2,2H3. The van der Waals surface area contributed by atoms with Crippen molar-refractivity contribution in [3.05, 3.63) is 12.7 Å². The fraction of sp³-hybridized carbons (Fsp3) is 0.625. The fourth-order valence-corrected chi connectivity index (χ4v) is 0.856. The van der Waals surface area contributed by atoms with Crippen molar-refractivity contribution < 1.29 is 4.79 Å². The lowest BCUT2D eigenvalue weighted by Gasteiger charge is -2.00. The molecule has 1 heteroatoms. The summed E-state index contributed by atoms with van der Waals surface area (Å²) < 4.78 is 0. The van der Waals surface area contributed by atoms with Crippen molar-refractivity contribution in [1.82, 2.24) is 0 Å². The Morgan fingerprint density at radius 3 is 2.67 bits per heavy atom. The van der Waals surface area contributed by atoms with Crippen LogP contribution in [-0.2, 0) is 4.79 Å². The summed E-state index contributed by atoms with van der Waals surface area (Å²) in [6.45, 7) is 5.48. The molecule has 1 aliphatic rings. The van der Waals surface area contributed by atoms with Crippen LogP contribution in [0.15, 0.2) is 12.7 Å². The van der Waals surface area contributed by atoms with E-state index in [9.17, 15) is 4.79 Å². The van der Waals surface area contributed by atoms with Crippen LogP contribution in [0.5, 0.6) is 0 Å². The van der Waals surface area contributed by atoms with E-state index >= 15 is 0 Å². The van der Waals surface area contributed by atoms with Gasteiger partial charge in [-0.2, -0.15) is 0 Å². The molecule has 0 saturated heterocycles. The molecular formula is C8H12O. The SMILES string of the molecule is C=CC(C)C(=O)C1CC1. The van der Waals surface area contributed by atoms with Crippen molar-refractivity contribution in [3.8, 4) is 0 Å². The van der Waals surface area contributed by atoms with Gasteiger partial charge in [0.25, 0.3) is 0 Å². The molecule has 0 aromatic rings. The molecule has 0 spiro atoms. The number of carbonyl (C=O) groups is 1. The average molecular weight is 124 g/mol. The maximum Gasteiger partial charge on any atom is 0.142 e. The third-order valence-corrected chi connectivity index (χ3v) is 1.78. The molecule has 0 heterocycles. The lowest BCUT2D eigenvalue weighted by atomic mass is 10.0. The zero-order chi connectivity index (χ0) is 6.85. The van der Waals surface area contributed by atoms with Crippen molar-refractivity contribution in [2.45, 2.75) is 19.8 Å². The van der Waals surface area contributed by atoms with E-state index in [0.717, 1.165) is 12.8 Å². The highest BCUT2D eigenvalue weighted by Gasteiger charge is 2.31. The number of allylic oxidation sites excluding steroid dienone is 1. The van der Waals surface area contributed by atoms with Crippen LogP contribution >= 0.6 is 0 Å². The summed E-state index contributed by atoms with van der Waals surface area (Å²) in [6, 6.07) is 0. The lowest BCUT2D eigenvalue weighted by molar-refractivity contribution is -0.122. The van der Waals surface area contributed by atoms with Gasteiger partial charge >= 0.3 is 0 Å². The second-order valence-electron chi connectivity index (χ2n) is 2.70. The van der Waals surface area contributed by atoms with E-state index in [2.05, 4.69) is 6.58 Å². The van der Waals surface area contributed by atoms with Gasteiger partial charge in [-0.1, -0.05) is 13.0 Å². The Labute approximate surface area is 55.8 Å². The van der Waals surface area contributed by atoms with E-state index in [-0.39, 0.29) is 5.92 Å². The van der Waals surface area contributed by atoms with Gasteiger partial charge in [0.1, 0.15) is 5.78 Å². The van der Waals surface area contributed by atoms with Crippen molar-refractivity contribution in [2.75, 3.05) is 0 Å². The van der Waals surface area contributed by atoms with Crippen molar-refractivity contribution >= 4 is 5.78 Å². The van der Waals surface area contributed by atoms with Crippen LogP contribution in [0, 0.1) is 11.8 Å². The van der Waals surface area contributed by atoms with E-state index in [4.69, 9.17) is 0 Å². The summed E-state index contributed by atoms with van der Waals surface area (Å²) in [6.07, 6.45) is 3.94. The Morgan fingerprint density at radius 1 is 1.78 bits per heavy atom. The minimum atomic E-state index is 0.0810. The summed E-state index contributed by atoms with van der Waals surface area (Å²) in [5, 5.41) is 0. The van der Waals surface area contributed by atoms with Crippen LogP contribution in [0.2, 0.25) is 0 Å². The number of carbonyl (C=O) groups excluding carboxylic acids is 1. The summed E-state index contributed by atoms with van der Waals surface area (Å²) in [5.41, 5.74) is 0. The van der Waals surface area contributed by atoms with Gasteiger partial charge in [-0.05, 0) is 12.8 Å². The molecule has 1 fully saturated rings. The maximum absolute atomic E-state index is 11.1.